The molecule has 2 rings (SSSR count). The number of ether oxygens (including phenoxy) is 1. The molecule has 0 bridgehead atoms. The van der Waals surface area contributed by atoms with Gasteiger partial charge in [-0.3, -0.25) is 0 Å². The van der Waals surface area contributed by atoms with Gasteiger partial charge in [-0.05, 0) is 46.3 Å². The molecular formula is C13H13BrN2O. The van der Waals surface area contributed by atoms with Gasteiger partial charge in [0.1, 0.15) is 10.4 Å². The van der Waals surface area contributed by atoms with Crippen molar-refractivity contribution in [3.63, 3.8) is 0 Å². The topological polar surface area (TPSA) is 34.1 Å². The number of nitrogens with one attached hydrogen (secondary N) is 1. The van der Waals surface area contributed by atoms with Gasteiger partial charge in [0.15, 0.2) is 0 Å². The van der Waals surface area contributed by atoms with Gasteiger partial charge in [0.2, 0.25) is 0 Å². The monoisotopic (exact) mass is 292 g/mol. The summed E-state index contributed by atoms with van der Waals surface area (Å²) in [6.45, 7) is 0.737. The SMILES string of the molecule is COc1ccc(NCc2cccnc2Br)cc1. The first kappa shape index (κ1) is 11.9. The van der Waals surface area contributed by atoms with Gasteiger partial charge in [-0.2, -0.15) is 0 Å². The van der Waals surface area contributed by atoms with Gasteiger partial charge in [-0.15, -0.1) is 0 Å². The summed E-state index contributed by atoms with van der Waals surface area (Å²) < 4.78 is 5.98. The standard InChI is InChI=1S/C13H13BrN2O/c1-17-12-6-4-11(5-7-12)16-9-10-3-2-8-15-13(10)14/h2-8,16H,9H2,1H3. The molecule has 0 spiro atoms. The molecule has 1 aromatic carbocycles. The first-order valence-electron chi connectivity index (χ1n) is 5.27. The summed E-state index contributed by atoms with van der Waals surface area (Å²) in [6.07, 6.45) is 1.76. The van der Waals surface area contributed by atoms with Crippen LogP contribution in [0.4, 0.5) is 5.69 Å². The molecule has 88 valence electrons. The second-order valence-corrected chi connectivity index (χ2v) is 4.29. The van der Waals surface area contributed by atoms with E-state index in [4.69, 9.17) is 4.74 Å². The largest absolute Gasteiger partial charge is 0.497 e. The lowest BCUT2D eigenvalue weighted by molar-refractivity contribution is 0.415. The number of benzene rings is 1. The van der Waals surface area contributed by atoms with Crippen LogP contribution < -0.4 is 10.1 Å². The molecule has 0 aliphatic rings. The molecule has 0 saturated carbocycles. The molecule has 17 heavy (non-hydrogen) atoms. The fourth-order valence-electron chi connectivity index (χ4n) is 1.46. The minimum atomic E-state index is 0.737. The van der Waals surface area contributed by atoms with Gasteiger partial charge in [0, 0.05) is 24.0 Å². The number of anilines is 1. The van der Waals surface area contributed by atoms with Crippen molar-refractivity contribution >= 4 is 21.6 Å². The molecule has 2 aromatic rings. The second-order valence-electron chi connectivity index (χ2n) is 3.54. The van der Waals surface area contributed by atoms with Crippen molar-refractivity contribution in [2.75, 3.05) is 12.4 Å². The Labute approximate surface area is 109 Å². The number of aromatic nitrogens is 1. The molecule has 4 heteroatoms. The summed E-state index contributed by atoms with van der Waals surface area (Å²) in [5.74, 6) is 0.859. The van der Waals surface area contributed by atoms with Crippen molar-refractivity contribution in [1.29, 1.82) is 0 Å². The maximum absolute atomic E-state index is 5.11. The molecule has 0 fully saturated rings. The summed E-state index contributed by atoms with van der Waals surface area (Å²) in [6, 6.07) is 11.8. The van der Waals surface area contributed by atoms with Crippen LogP contribution in [0.1, 0.15) is 5.56 Å². The second kappa shape index (κ2) is 5.68. The lowest BCUT2D eigenvalue weighted by atomic mass is 10.2. The van der Waals surface area contributed by atoms with Crippen molar-refractivity contribution in [2.45, 2.75) is 6.54 Å². The number of hydrogen-bond acceptors (Lipinski definition) is 3. The Kier molecular flexibility index (Phi) is 3.98. The Morgan fingerprint density at radius 1 is 1.24 bits per heavy atom. The van der Waals surface area contributed by atoms with E-state index in [9.17, 15) is 0 Å². The van der Waals surface area contributed by atoms with Crippen molar-refractivity contribution in [1.82, 2.24) is 4.98 Å². The first-order valence-corrected chi connectivity index (χ1v) is 6.06. The highest BCUT2D eigenvalue weighted by atomic mass is 79.9. The van der Waals surface area contributed by atoms with Gasteiger partial charge in [-0.1, -0.05) is 6.07 Å². The normalized spacial score (nSPS) is 10.0. The average molecular weight is 293 g/mol. The van der Waals surface area contributed by atoms with Crippen LogP contribution in [-0.2, 0) is 6.54 Å². The molecule has 0 aliphatic heterocycles. The number of rotatable bonds is 4. The Balaban J connectivity index is 2.00. The summed E-state index contributed by atoms with van der Waals surface area (Å²) in [5, 5.41) is 3.33. The zero-order valence-electron chi connectivity index (χ0n) is 9.48. The van der Waals surface area contributed by atoms with Gasteiger partial charge in [0.05, 0.1) is 7.11 Å². The third-order valence-electron chi connectivity index (χ3n) is 2.41. The number of nitrogens with zero attached hydrogens (tertiary/aromatic N) is 1. The Hall–Kier alpha value is -1.55. The van der Waals surface area contributed by atoms with E-state index < -0.39 is 0 Å². The third-order valence-corrected chi connectivity index (χ3v) is 3.12. The lowest BCUT2D eigenvalue weighted by Crippen LogP contribution is -2.00. The smallest absolute Gasteiger partial charge is 0.119 e. The van der Waals surface area contributed by atoms with Gasteiger partial charge < -0.3 is 10.1 Å². The molecule has 0 amide bonds. The zero-order chi connectivity index (χ0) is 12.1. The van der Waals surface area contributed by atoms with Gasteiger partial charge in [-0.25, -0.2) is 4.98 Å². The fraction of sp³-hybridized carbons (Fsp3) is 0.154. The van der Waals surface area contributed by atoms with Gasteiger partial charge >= 0.3 is 0 Å². The van der Waals surface area contributed by atoms with E-state index in [2.05, 4.69) is 26.2 Å². The van der Waals surface area contributed by atoms with Crippen LogP contribution in [0.5, 0.6) is 5.75 Å². The van der Waals surface area contributed by atoms with Crippen LogP contribution in [0.15, 0.2) is 47.2 Å². The minimum absolute atomic E-state index is 0.737. The van der Waals surface area contributed by atoms with Crippen LogP contribution in [-0.4, -0.2) is 12.1 Å². The van der Waals surface area contributed by atoms with Crippen molar-refractivity contribution in [2.24, 2.45) is 0 Å². The van der Waals surface area contributed by atoms with E-state index in [1.807, 2.05) is 36.4 Å². The Morgan fingerprint density at radius 3 is 2.65 bits per heavy atom. The Bertz CT molecular complexity index is 485. The van der Waals surface area contributed by atoms with E-state index in [1.165, 1.54) is 0 Å². The van der Waals surface area contributed by atoms with Crippen LogP contribution in [0.3, 0.4) is 0 Å². The number of halogens is 1. The minimum Gasteiger partial charge on any atom is -0.497 e. The molecule has 0 atom stereocenters. The van der Waals surface area contributed by atoms with E-state index in [0.717, 1.165) is 28.1 Å². The van der Waals surface area contributed by atoms with Crippen LogP contribution in [0.25, 0.3) is 0 Å². The van der Waals surface area contributed by atoms with E-state index in [0.29, 0.717) is 0 Å². The molecule has 1 heterocycles. The first-order chi connectivity index (χ1) is 8.29. The Morgan fingerprint density at radius 2 is 2.00 bits per heavy atom. The molecule has 3 nitrogen and oxygen atoms in total. The van der Waals surface area contributed by atoms with Crippen molar-refractivity contribution < 1.29 is 4.74 Å². The lowest BCUT2D eigenvalue weighted by Gasteiger charge is -2.08. The molecule has 0 saturated heterocycles. The van der Waals surface area contributed by atoms with Crippen molar-refractivity contribution in [3.8, 4) is 5.75 Å². The quantitative estimate of drug-likeness (QED) is 0.877. The summed E-state index contributed by atoms with van der Waals surface area (Å²) in [7, 11) is 1.66. The highest BCUT2D eigenvalue weighted by Crippen LogP contribution is 2.17. The molecule has 1 N–H and O–H groups in total. The third kappa shape index (κ3) is 3.20. The van der Waals surface area contributed by atoms with E-state index in [1.54, 1.807) is 13.3 Å². The summed E-state index contributed by atoms with van der Waals surface area (Å²) in [4.78, 5) is 4.18. The molecule has 0 radical (unpaired) electrons. The number of pyridine rings is 1. The fourth-order valence-corrected chi connectivity index (χ4v) is 1.85. The maximum Gasteiger partial charge on any atom is 0.119 e. The van der Waals surface area contributed by atoms with Crippen LogP contribution >= 0.6 is 15.9 Å². The maximum atomic E-state index is 5.11. The number of hydrogen-bond donors (Lipinski definition) is 1. The highest BCUT2D eigenvalue weighted by Gasteiger charge is 1.99. The zero-order valence-corrected chi connectivity index (χ0v) is 11.1. The molecular weight excluding hydrogens is 280 g/mol. The van der Waals surface area contributed by atoms with Crippen molar-refractivity contribution in [3.05, 3.63) is 52.8 Å². The summed E-state index contributed by atoms with van der Waals surface area (Å²) >= 11 is 3.42. The average Bonchev–Trinajstić information content (AvgIpc) is 2.38. The molecule has 0 unspecified atom stereocenters. The molecule has 0 aliphatic carbocycles. The van der Waals surface area contributed by atoms with E-state index >= 15 is 0 Å². The van der Waals surface area contributed by atoms with Crippen LogP contribution in [0.2, 0.25) is 0 Å². The highest BCUT2D eigenvalue weighted by molar-refractivity contribution is 9.10. The number of methoxy groups -OCH3 is 1. The predicted octanol–water partition coefficient (Wildman–Crippen LogP) is 3.46. The summed E-state index contributed by atoms with van der Waals surface area (Å²) in [5.41, 5.74) is 2.19. The predicted molar refractivity (Wildman–Crippen MR) is 72.3 cm³/mol. The molecule has 1 aromatic heterocycles. The van der Waals surface area contributed by atoms with E-state index in [-0.39, 0.29) is 0 Å². The van der Waals surface area contributed by atoms with Crippen LogP contribution in [0, 0.1) is 0 Å². The van der Waals surface area contributed by atoms with Gasteiger partial charge in [0.25, 0.3) is 0 Å².